The SMILES string of the molecule is CC(=O)N1CCN(c2ccc(CN3[S+]([O-])[C@@H](c4ccccc4)CCC34CC4)c(F)c2)CC1. The van der Waals surface area contributed by atoms with Gasteiger partial charge < -0.3 is 14.4 Å². The first-order valence-electron chi connectivity index (χ1n) is 11.5. The van der Waals surface area contributed by atoms with E-state index < -0.39 is 11.4 Å². The van der Waals surface area contributed by atoms with Crippen LogP contribution in [0.2, 0.25) is 0 Å². The summed E-state index contributed by atoms with van der Waals surface area (Å²) >= 11 is -1.18. The van der Waals surface area contributed by atoms with Gasteiger partial charge in [0.25, 0.3) is 0 Å². The minimum Gasteiger partial charge on any atom is -0.597 e. The van der Waals surface area contributed by atoms with E-state index in [1.54, 1.807) is 13.0 Å². The summed E-state index contributed by atoms with van der Waals surface area (Å²) < 4.78 is 30.8. The molecule has 2 heterocycles. The molecular weight excluding hydrogens is 425 g/mol. The zero-order chi connectivity index (χ0) is 22.3. The lowest BCUT2D eigenvalue weighted by molar-refractivity contribution is -0.129. The van der Waals surface area contributed by atoms with Crippen molar-refractivity contribution < 1.29 is 13.7 Å². The van der Waals surface area contributed by atoms with Crippen molar-refractivity contribution in [3.05, 3.63) is 65.5 Å². The normalized spacial score (nSPS) is 25.2. The highest BCUT2D eigenvalue weighted by molar-refractivity contribution is 7.89. The van der Waals surface area contributed by atoms with E-state index >= 15 is 4.39 Å². The number of nitrogens with zero attached hydrogens (tertiary/aromatic N) is 3. The first kappa shape index (κ1) is 21.7. The zero-order valence-electron chi connectivity index (χ0n) is 18.5. The number of piperazine rings is 1. The van der Waals surface area contributed by atoms with Gasteiger partial charge >= 0.3 is 0 Å². The molecule has 1 saturated carbocycles. The summed E-state index contributed by atoms with van der Waals surface area (Å²) in [5.74, 6) is -0.158. The highest BCUT2D eigenvalue weighted by Crippen LogP contribution is 2.55. The van der Waals surface area contributed by atoms with Crippen LogP contribution >= 0.6 is 0 Å². The van der Waals surface area contributed by atoms with Crippen LogP contribution in [0, 0.1) is 5.82 Å². The van der Waals surface area contributed by atoms with Gasteiger partial charge in [-0.05, 0) is 31.4 Å². The average molecular weight is 456 g/mol. The van der Waals surface area contributed by atoms with Gasteiger partial charge in [0.1, 0.15) is 5.82 Å². The van der Waals surface area contributed by atoms with Gasteiger partial charge in [-0.25, -0.2) is 4.39 Å². The monoisotopic (exact) mass is 455 g/mol. The molecule has 1 amide bonds. The molecule has 1 unspecified atom stereocenters. The number of benzene rings is 2. The number of rotatable bonds is 4. The predicted molar refractivity (Wildman–Crippen MR) is 125 cm³/mol. The Morgan fingerprint density at radius 1 is 1.09 bits per heavy atom. The van der Waals surface area contributed by atoms with E-state index in [0.717, 1.165) is 36.9 Å². The largest absolute Gasteiger partial charge is 0.597 e. The third kappa shape index (κ3) is 4.14. The minimum absolute atomic E-state index is 0.0235. The van der Waals surface area contributed by atoms with Gasteiger partial charge in [0.05, 0.1) is 12.1 Å². The number of hydrogen-bond acceptors (Lipinski definition) is 4. The van der Waals surface area contributed by atoms with Gasteiger partial charge in [-0.2, -0.15) is 0 Å². The lowest BCUT2D eigenvalue weighted by atomic mass is 10.0. The average Bonchev–Trinajstić information content (AvgIpc) is 3.58. The smallest absolute Gasteiger partial charge is 0.219 e. The molecule has 2 aliphatic heterocycles. The molecule has 2 saturated heterocycles. The summed E-state index contributed by atoms with van der Waals surface area (Å²) in [7, 11) is 0. The summed E-state index contributed by atoms with van der Waals surface area (Å²) in [4.78, 5) is 15.5. The number of hydrogen-bond donors (Lipinski definition) is 0. The summed E-state index contributed by atoms with van der Waals surface area (Å²) in [5, 5.41) is -0.0256. The van der Waals surface area contributed by atoms with Crippen molar-refractivity contribution in [3.8, 4) is 0 Å². The number of halogens is 1. The first-order valence-corrected chi connectivity index (χ1v) is 12.7. The quantitative estimate of drug-likeness (QED) is 0.654. The van der Waals surface area contributed by atoms with Gasteiger partial charge in [0.15, 0.2) is 5.25 Å². The van der Waals surface area contributed by atoms with Crippen molar-refractivity contribution in [2.45, 2.75) is 49.9 Å². The zero-order valence-corrected chi connectivity index (χ0v) is 19.3. The van der Waals surface area contributed by atoms with Crippen molar-refractivity contribution >= 4 is 23.0 Å². The third-order valence-corrected chi connectivity index (χ3v) is 9.25. The first-order chi connectivity index (χ1) is 15.5. The van der Waals surface area contributed by atoms with E-state index in [1.165, 1.54) is 0 Å². The highest BCUT2D eigenvalue weighted by Gasteiger charge is 2.58. The minimum atomic E-state index is -1.18. The molecule has 5 nitrogen and oxygen atoms in total. The summed E-state index contributed by atoms with van der Waals surface area (Å²) in [6.07, 6.45) is 4.01. The molecule has 2 aromatic carbocycles. The van der Waals surface area contributed by atoms with Gasteiger partial charge in [0, 0.05) is 67.7 Å². The molecule has 0 radical (unpaired) electrons. The van der Waals surface area contributed by atoms with Crippen LogP contribution in [0.5, 0.6) is 0 Å². The maximum Gasteiger partial charge on any atom is 0.219 e. The van der Waals surface area contributed by atoms with Crippen molar-refractivity contribution in [1.29, 1.82) is 0 Å². The fourth-order valence-corrected chi connectivity index (χ4v) is 7.03. The van der Waals surface area contributed by atoms with Gasteiger partial charge in [0.2, 0.25) is 5.91 Å². The van der Waals surface area contributed by atoms with Crippen LogP contribution in [-0.4, -0.2) is 51.4 Å². The van der Waals surface area contributed by atoms with E-state index in [9.17, 15) is 9.35 Å². The Labute approximate surface area is 192 Å². The van der Waals surface area contributed by atoms with E-state index in [2.05, 4.69) is 9.21 Å². The Morgan fingerprint density at radius 3 is 2.44 bits per heavy atom. The second-order valence-corrected chi connectivity index (χ2v) is 10.8. The number of amides is 1. The van der Waals surface area contributed by atoms with Gasteiger partial charge in [-0.15, -0.1) is 4.31 Å². The topological polar surface area (TPSA) is 49.9 Å². The van der Waals surface area contributed by atoms with E-state index in [-0.39, 0.29) is 22.5 Å². The van der Waals surface area contributed by atoms with Crippen molar-refractivity contribution in [2.75, 3.05) is 31.1 Å². The molecular formula is C25H30FN3O2S. The molecule has 0 aromatic heterocycles. The van der Waals surface area contributed by atoms with Crippen LogP contribution in [0.25, 0.3) is 0 Å². The maximum absolute atomic E-state index is 15.2. The van der Waals surface area contributed by atoms with Crippen molar-refractivity contribution in [1.82, 2.24) is 9.21 Å². The molecule has 2 aromatic rings. The second-order valence-electron chi connectivity index (χ2n) is 9.24. The van der Waals surface area contributed by atoms with Crippen LogP contribution in [0.15, 0.2) is 48.5 Å². The molecule has 0 bridgehead atoms. The van der Waals surface area contributed by atoms with Gasteiger partial charge in [-0.1, -0.05) is 36.4 Å². The highest BCUT2D eigenvalue weighted by atomic mass is 32.2. The van der Waals surface area contributed by atoms with Crippen LogP contribution in [0.3, 0.4) is 0 Å². The Hall–Kier alpha value is -2.09. The molecule has 5 rings (SSSR count). The predicted octanol–water partition coefficient (Wildman–Crippen LogP) is 4.03. The molecule has 3 aliphatic rings. The molecule has 7 heteroatoms. The number of anilines is 1. The lowest BCUT2D eigenvalue weighted by Gasteiger charge is -2.40. The van der Waals surface area contributed by atoms with Crippen LogP contribution in [0.4, 0.5) is 10.1 Å². The standard InChI is InChI=1S/C25H30FN3O2S/c1-19(30)27-13-15-28(16-14-27)22-8-7-21(23(26)17-22)18-29-25(11-12-25)10-9-24(32(29)31)20-5-3-2-4-6-20/h2-8,17,24H,9-16,18H2,1H3/t24-,32?/m1/s1. The van der Waals surface area contributed by atoms with Crippen molar-refractivity contribution in [2.24, 2.45) is 0 Å². The van der Waals surface area contributed by atoms with E-state index in [4.69, 9.17) is 0 Å². The Bertz CT molecular complexity index is 976. The van der Waals surface area contributed by atoms with Crippen molar-refractivity contribution in [3.63, 3.8) is 0 Å². The molecule has 0 N–H and O–H groups in total. The summed E-state index contributed by atoms with van der Waals surface area (Å²) in [5.41, 5.74) is 2.53. The summed E-state index contributed by atoms with van der Waals surface area (Å²) in [6.45, 7) is 4.69. The third-order valence-electron chi connectivity index (χ3n) is 7.30. The van der Waals surface area contributed by atoms with Gasteiger partial charge in [-0.3, -0.25) is 4.79 Å². The molecule has 32 heavy (non-hydrogen) atoms. The summed E-state index contributed by atoms with van der Waals surface area (Å²) in [6, 6.07) is 15.5. The fraction of sp³-hybridized carbons (Fsp3) is 0.480. The molecule has 1 aliphatic carbocycles. The van der Waals surface area contributed by atoms with E-state index in [1.807, 2.05) is 47.4 Å². The molecule has 1 spiro atoms. The molecule has 2 atom stereocenters. The molecule has 170 valence electrons. The molecule has 3 fully saturated rings. The van der Waals surface area contributed by atoms with Crippen LogP contribution in [0.1, 0.15) is 49.0 Å². The Balaban J connectivity index is 1.31. The van der Waals surface area contributed by atoms with E-state index in [0.29, 0.717) is 38.3 Å². The maximum atomic E-state index is 15.2. The number of carbonyl (C=O) groups excluding carboxylic acids is 1. The second kappa shape index (κ2) is 8.69. The number of carbonyl (C=O) groups is 1. The Kier molecular flexibility index (Phi) is 5.90. The van der Waals surface area contributed by atoms with Crippen LogP contribution < -0.4 is 4.90 Å². The van der Waals surface area contributed by atoms with Crippen LogP contribution in [-0.2, 0) is 22.7 Å². The lowest BCUT2D eigenvalue weighted by Crippen LogP contribution is -2.48. The fourth-order valence-electron chi connectivity index (χ4n) is 5.09. The Morgan fingerprint density at radius 2 is 1.81 bits per heavy atom.